The summed E-state index contributed by atoms with van der Waals surface area (Å²) in [5.74, 6) is 1.71. The molecule has 0 aromatic carbocycles. The zero-order valence-corrected chi connectivity index (χ0v) is 12.8. The van der Waals surface area contributed by atoms with Gasteiger partial charge in [-0.2, -0.15) is 0 Å². The lowest BCUT2D eigenvalue weighted by Crippen LogP contribution is -2.11. The summed E-state index contributed by atoms with van der Waals surface area (Å²) in [7, 11) is 0. The molecule has 0 spiro atoms. The maximum absolute atomic E-state index is 4.60. The molecule has 5 heteroatoms. The van der Waals surface area contributed by atoms with Crippen molar-refractivity contribution in [2.45, 2.75) is 32.7 Å². The molecule has 0 radical (unpaired) electrons. The molecule has 5 nitrogen and oxygen atoms in total. The Morgan fingerprint density at radius 2 is 1.82 bits per heavy atom. The predicted octanol–water partition coefficient (Wildman–Crippen LogP) is 3.30. The first-order chi connectivity index (χ1) is 10.8. The van der Waals surface area contributed by atoms with Crippen LogP contribution in [0.4, 0.5) is 0 Å². The molecule has 3 aromatic rings. The number of hydrogen-bond donors (Lipinski definition) is 0. The van der Waals surface area contributed by atoms with E-state index in [1.807, 2.05) is 30.9 Å². The van der Waals surface area contributed by atoms with Crippen LogP contribution in [-0.4, -0.2) is 24.5 Å². The van der Waals surface area contributed by atoms with E-state index in [-0.39, 0.29) is 6.04 Å². The molecule has 3 rings (SSSR count). The third-order valence-corrected chi connectivity index (χ3v) is 3.73. The van der Waals surface area contributed by atoms with E-state index >= 15 is 0 Å². The van der Waals surface area contributed by atoms with Gasteiger partial charge in [-0.25, -0.2) is 15.0 Å². The molecule has 0 bridgehead atoms. The maximum Gasteiger partial charge on any atom is 0.159 e. The van der Waals surface area contributed by atoms with Gasteiger partial charge in [0.15, 0.2) is 5.82 Å². The SMILES string of the molecule is CCc1nccc(-c2nccn2C(CC)c2ccncc2)n1. The van der Waals surface area contributed by atoms with Crippen LogP contribution in [0.1, 0.15) is 37.7 Å². The molecule has 0 saturated heterocycles. The van der Waals surface area contributed by atoms with Gasteiger partial charge in [-0.15, -0.1) is 0 Å². The van der Waals surface area contributed by atoms with E-state index in [2.05, 4.69) is 50.5 Å². The minimum Gasteiger partial charge on any atom is -0.322 e. The Morgan fingerprint density at radius 3 is 2.55 bits per heavy atom. The van der Waals surface area contributed by atoms with Crippen LogP contribution >= 0.6 is 0 Å². The highest BCUT2D eigenvalue weighted by molar-refractivity contribution is 5.49. The fraction of sp³-hybridized carbons (Fsp3) is 0.294. The molecule has 0 aliphatic carbocycles. The summed E-state index contributed by atoms with van der Waals surface area (Å²) < 4.78 is 2.18. The quantitative estimate of drug-likeness (QED) is 0.724. The summed E-state index contributed by atoms with van der Waals surface area (Å²) in [5.41, 5.74) is 2.09. The molecular weight excluding hydrogens is 274 g/mol. The Bertz CT molecular complexity index is 736. The fourth-order valence-corrected chi connectivity index (χ4v) is 2.64. The van der Waals surface area contributed by atoms with Crippen LogP contribution in [0.15, 0.2) is 49.2 Å². The molecule has 0 aliphatic heterocycles. The topological polar surface area (TPSA) is 56.5 Å². The average molecular weight is 293 g/mol. The van der Waals surface area contributed by atoms with Gasteiger partial charge in [-0.3, -0.25) is 4.98 Å². The number of hydrogen-bond acceptors (Lipinski definition) is 4. The molecular formula is C17H19N5. The lowest BCUT2D eigenvalue weighted by atomic mass is 10.1. The van der Waals surface area contributed by atoms with Crippen LogP contribution in [-0.2, 0) is 6.42 Å². The molecule has 3 heterocycles. The third kappa shape index (κ3) is 2.74. The second-order valence-electron chi connectivity index (χ2n) is 5.07. The molecule has 0 N–H and O–H groups in total. The van der Waals surface area contributed by atoms with Crippen molar-refractivity contribution in [3.05, 3.63) is 60.6 Å². The normalized spacial score (nSPS) is 12.3. The standard InChI is InChI=1S/C17H19N5/c1-3-15(13-5-8-18-9-6-13)22-12-11-20-17(22)14-7-10-19-16(4-2)21-14/h5-12,15H,3-4H2,1-2H3. The summed E-state index contributed by atoms with van der Waals surface area (Å²) in [5, 5.41) is 0. The molecule has 0 amide bonds. The molecule has 1 atom stereocenters. The molecule has 0 aliphatic rings. The van der Waals surface area contributed by atoms with Crippen molar-refractivity contribution in [2.75, 3.05) is 0 Å². The highest BCUT2D eigenvalue weighted by Gasteiger charge is 2.17. The van der Waals surface area contributed by atoms with E-state index in [0.29, 0.717) is 0 Å². The van der Waals surface area contributed by atoms with Crippen molar-refractivity contribution in [1.82, 2.24) is 24.5 Å². The largest absolute Gasteiger partial charge is 0.322 e. The lowest BCUT2D eigenvalue weighted by Gasteiger charge is -2.19. The zero-order valence-electron chi connectivity index (χ0n) is 12.8. The Morgan fingerprint density at radius 1 is 1.00 bits per heavy atom. The number of pyridine rings is 1. The van der Waals surface area contributed by atoms with Gasteiger partial charge in [0.05, 0.1) is 6.04 Å². The van der Waals surface area contributed by atoms with Gasteiger partial charge in [-0.05, 0) is 30.2 Å². The summed E-state index contributed by atoms with van der Waals surface area (Å²) in [6.45, 7) is 4.23. The average Bonchev–Trinajstić information content (AvgIpc) is 3.06. The van der Waals surface area contributed by atoms with Crippen LogP contribution in [0.2, 0.25) is 0 Å². The van der Waals surface area contributed by atoms with E-state index < -0.39 is 0 Å². The first kappa shape index (κ1) is 14.4. The summed E-state index contributed by atoms with van der Waals surface area (Å²) >= 11 is 0. The molecule has 0 fully saturated rings. The molecule has 3 aromatic heterocycles. The van der Waals surface area contributed by atoms with Crippen molar-refractivity contribution in [2.24, 2.45) is 0 Å². The second kappa shape index (κ2) is 6.47. The fourth-order valence-electron chi connectivity index (χ4n) is 2.64. The number of aromatic nitrogens is 5. The number of aryl methyl sites for hydroxylation is 1. The Hall–Kier alpha value is -2.56. The van der Waals surface area contributed by atoms with Crippen LogP contribution in [0.5, 0.6) is 0 Å². The first-order valence-electron chi connectivity index (χ1n) is 7.58. The molecule has 22 heavy (non-hydrogen) atoms. The molecule has 112 valence electrons. The van der Waals surface area contributed by atoms with Crippen molar-refractivity contribution in [3.8, 4) is 11.5 Å². The van der Waals surface area contributed by atoms with E-state index in [9.17, 15) is 0 Å². The van der Waals surface area contributed by atoms with E-state index in [4.69, 9.17) is 0 Å². The van der Waals surface area contributed by atoms with Gasteiger partial charge in [0.2, 0.25) is 0 Å². The van der Waals surface area contributed by atoms with E-state index in [1.54, 1.807) is 6.20 Å². The minimum absolute atomic E-state index is 0.223. The number of nitrogens with zero attached hydrogens (tertiary/aromatic N) is 5. The van der Waals surface area contributed by atoms with Gasteiger partial charge < -0.3 is 4.57 Å². The van der Waals surface area contributed by atoms with Crippen LogP contribution in [0.3, 0.4) is 0 Å². The van der Waals surface area contributed by atoms with Crippen molar-refractivity contribution < 1.29 is 0 Å². The van der Waals surface area contributed by atoms with Gasteiger partial charge in [0, 0.05) is 37.4 Å². The van der Waals surface area contributed by atoms with Crippen LogP contribution < -0.4 is 0 Å². The van der Waals surface area contributed by atoms with Gasteiger partial charge in [0.1, 0.15) is 11.5 Å². The molecule has 0 saturated carbocycles. The monoisotopic (exact) mass is 293 g/mol. The summed E-state index contributed by atoms with van der Waals surface area (Å²) in [6.07, 6.45) is 11.1. The van der Waals surface area contributed by atoms with Gasteiger partial charge in [0.25, 0.3) is 0 Å². The van der Waals surface area contributed by atoms with Crippen LogP contribution in [0, 0.1) is 0 Å². The Labute approximate surface area is 130 Å². The highest BCUT2D eigenvalue weighted by Crippen LogP contribution is 2.26. The lowest BCUT2D eigenvalue weighted by molar-refractivity contribution is 0.570. The van der Waals surface area contributed by atoms with Crippen molar-refractivity contribution in [1.29, 1.82) is 0 Å². The zero-order chi connectivity index (χ0) is 15.4. The van der Waals surface area contributed by atoms with E-state index in [1.165, 1.54) is 5.56 Å². The highest BCUT2D eigenvalue weighted by atomic mass is 15.1. The second-order valence-corrected chi connectivity index (χ2v) is 5.07. The van der Waals surface area contributed by atoms with Gasteiger partial charge in [-0.1, -0.05) is 13.8 Å². The predicted molar refractivity (Wildman–Crippen MR) is 85.3 cm³/mol. The maximum atomic E-state index is 4.60. The third-order valence-electron chi connectivity index (χ3n) is 3.73. The number of rotatable bonds is 5. The Kier molecular flexibility index (Phi) is 4.23. The van der Waals surface area contributed by atoms with E-state index in [0.717, 1.165) is 30.2 Å². The smallest absolute Gasteiger partial charge is 0.159 e. The van der Waals surface area contributed by atoms with Crippen molar-refractivity contribution >= 4 is 0 Å². The van der Waals surface area contributed by atoms with Crippen LogP contribution in [0.25, 0.3) is 11.5 Å². The summed E-state index contributed by atoms with van der Waals surface area (Å²) in [4.78, 5) is 17.5. The van der Waals surface area contributed by atoms with Gasteiger partial charge >= 0.3 is 0 Å². The Balaban J connectivity index is 2.04. The minimum atomic E-state index is 0.223. The van der Waals surface area contributed by atoms with Crippen molar-refractivity contribution in [3.63, 3.8) is 0 Å². The summed E-state index contributed by atoms with van der Waals surface area (Å²) in [6, 6.07) is 6.24. The number of imidazole rings is 1. The first-order valence-corrected chi connectivity index (χ1v) is 7.58. The molecule has 1 unspecified atom stereocenters.